The summed E-state index contributed by atoms with van der Waals surface area (Å²) >= 11 is 0. The fourth-order valence-electron chi connectivity index (χ4n) is 2.95. The quantitative estimate of drug-likeness (QED) is 0.740. The van der Waals surface area contributed by atoms with Crippen molar-refractivity contribution in [1.29, 1.82) is 0 Å². The molecule has 1 aliphatic carbocycles. The Kier molecular flexibility index (Phi) is 3.42. The van der Waals surface area contributed by atoms with Gasteiger partial charge in [0.15, 0.2) is 0 Å². The molecule has 0 bridgehead atoms. The van der Waals surface area contributed by atoms with Gasteiger partial charge in [-0.1, -0.05) is 42.3 Å². The molecule has 6 heteroatoms. The van der Waals surface area contributed by atoms with Gasteiger partial charge in [-0.15, -0.1) is 0 Å². The molecule has 0 radical (unpaired) electrons. The van der Waals surface area contributed by atoms with Crippen molar-refractivity contribution in [1.82, 2.24) is 24.9 Å². The van der Waals surface area contributed by atoms with Crippen molar-refractivity contribution in [3.8, 4) is 11.4 Å². The van der Waals surface area contributed by atoms with Gasteiger partial charge in [-0.05, 0) is 18.4 Å². The molecule has 112 valence electrons. The fourth-order valence-corrected chi connectivity index (χ4v) is 2.95. The first-order valence-electron chi connectivity index (χ1n) is 7.64. The fraction of sp³-hybridized carbons (Fsp3) is 0.375. The SMILES string of the molecule is c1ncn(Cc2ccc(-c3noc(C4CCCC4)n3)cc2)n1. The monoisotopic (exact) mass is 295 g/mol. The Bertz CT molecular complexity index is 726. The topological polar surface area (TPSA) is 69.6 Å². The Balaban J connectivity index is 1.50. The molecule has 3 aromatic rings. The van der Waals surface area contributed by atoms with Gasteiger partial charge in [0.1, 0.15) is 12.7 Å². The minimum atomic E-state index is 0.452. The highest BCUT2D eigenvalue weighted by atomic mass is 16.5. The van der Waals surface area contributed by atoms with Gasteiger partial charge in [-0.3, -0.25) is 0 Å². The van der Waals surface area contributed by atoms with E-state index in [1.807, 2.05) is 12.1 Å². The van der Waals surface area contributed by atoms with Crippen LogP contribution in [0, 0.1) is 0 Å². The van der Waals surface area contributed by atoms with E-state index in [0.717, 1.165) is 17.0 Å². The first-order chi connectivity index (χ1) is 10.9. The Morgan fingerprint density at radius 3 is 2.68 bits per heavy atom. The van der Waals surface area contributed by atoms with Crippen LogP contribution in [0.25, 0.3) is 11.4 Å². The number of benzene rings is 1. The van der Waals surface area contributed by atoms with E-state index < -0.39 is 0 Å². The second kappa shape index (κ2) is 5.71. The van der Waals surface area contributed by atoms with Crippen molar-refractivity contribution in [3.63, 3.8) is 0 Å². The van der Waals surface area contributed by atoms with Crippen molar-refractivity contribution >= 4 is 0 Å². The van der Waals surface area contributed by atoms with Crippen LogP contribution in [0.3, 0.4) is 0 Å². The molecule has 0 N–H and O–H groups in total. The molecule has 0 amide bonds. The summed E-state index contributed by atoms with van der Waals surface area (Å²) < 4.78 is 7.23. The van der Waals surface area contributed by atoms with Gasteiger partial charge < -0.3 is 4.52 Å². The van der Waals surface area contributed by atoms with E-state index in [-0.39, 0.29) is 0 Å². The van der Waals surface area contributed by atoms with E-state index in [1.165, 1.54) is 32.0 Å². The van der Waals surface area contributed by atoms with Crippen LogP contribution >= 0.6 is 0 Å². The highest BCUT2D eigenvalue weighted by molar-refractivity contribution is 5.54. The smallest absolute Gasteiger partial charge is 0.230 e. The Morgan fingerprint density at radius 2 is 1.95 bits per heavy atom. The number of hydrogen-bond acceptors (Lipinski definition) is 5. The van der Waals surface area contributed by atoms with E-state index in [4.69, 9.17) is 4.52 Å². The zero-order valence-corrected chi connectivity index (χ0v) is 12.2. The van der Waals surface area contributed by atoms with Gasteiger partial charge in [-0.25, -0.2) is 9.67 Å². The van der Waals surface area contributed by atoms with E-state index in [0.29, 0.717) is 18.3 Å². The summed E-state index contributed by atoms with van der Waals surface area (Å²) in [5.41, 5.74) is 2.14. The van der Waals surface area contributed by atoms with Gasteiger partial charge in [0.2, 0.25) is 11.7 Å². The Hall–Kier alpha value is -2.50. The second-order valence-electron chi connectivity index (χ2n) is 5.73. The molecular formula is C16H17N5O. The summed E-state index contributed by atoms with van der Waals surface area (Å²) in [5, 5.41) is 8.23. The van der Waals surface area contributed by atoms with Gasteiger partial charge in [0.25, 0.3) is 0 Å². The first kappa shape index (κ1) is 13.2. The summed E-state index contributed by atoms with van der Waals surface area (Å²) in [5.74, 6) is 1.92. The van der Waals surface area contributed by atoms with Crippen LogP contribution in [0.15, 0.2) is 41.4 Å². The number of aromatic nitrogens is 5. The van der Waals surface area contributed by atoms with Crippen LogP contribution in [0.1, 0.15) is 43.1 Å². The van der Waals surface area contributed by atoms with E-state index in [1.54, 1.807) is 11.0 Å². The molecule has 1 aromatic carbocycles. The molecular weight excluding hydrogens is 278 g/mol. The second-order valence-corrected chi connectivity index (χ2v) is 5.73. The largest absolute Gasteiger partial charge is 0.339 e. The normalized spacial score (nSPS) is 15.5. The van der Waals surface area contributed by atoms with Gasteiger partial charge in [0, 0.05) is 11.5 Å². The minimum Gasteiger partial charge on any atom is -0.339 e. The third kappa shape index (κ3) is 2.64. The zero-order valence-electron chi connectivity index (χ0n) is 12.2. The van der Waals surface area contributed by atoms with Crippen LogP contribution in [0.4, 0.5) is 0 Å². The van der Waals surface area contributed by atoms with Crippen molar-refractivity contribution in [2.45, 2.75) is 38.1 Å². The maximum absolute atomic E-state index is 5.43. The third-order valence-electron chi connectivity index (χ3n) is 4.17. The highest BCUT2D eigenvalue weighted by Gasteiger charge is 2.23. The standard InChI is InChI=1S/C16H17N5O/c1-2-4-14(3-1)16-19-15(20-22-16)13-7-5-12(6-8-13)9-21-11-17-10-18-21/h5-8,10-11,14H,1-4,9H2. The van der Waals surface area contributed by atoms with Crippen LogP contribution in [-0.4, -0.2) is 24.9 Å². The van der Waals surface area contributed by atoms with E-state index in [2.05, 4.69) is 32.4 Å². The molecule has 0 unspecified atom stereocenters. The maximum atomic E-state index is 5.43. The molecule has 0 aliphatic heterocycles. The van der Waals surface area contributed by atoms with Crippen molar-refractivity contribution < 1.29 is 4.52 Å². The summed E-state index contributed by atoms with van der Waals surface area (Å²) in [6, 6.07) is 8.16. The maximum Gasteiger partial charge on any atom is 0.230 e. The minimum absolute atomic E-state index is 0.452. The van der Waals surface area contributed by atoms with Crippen LogP contribution < -0.4 is 0 Å². The molecule has 4 rings (SSSR count). The number of nitrogens with zero attached hydrogens (tertiary/aromatic N) is 5. The molecule has 1 aliphatic rings. The molecule has 1 fully saturated rings. The number of rotatable bonds is 4. The Morgan fingerprint density at radius 1 is 1.14 bits per heavy atom. The van der Waals surface area contributed by atoms with Gasteiger partial charge >= 0.3 is 0 Å². The lowest BCUT2D eigenvalue weighted by atomic mass is 10.1. The molecule has 0 atom stereocenters. The summed E-state index contributed by atoms with van der Waals surface area (Å²) in [7, 11) is 0. The van der Waals surface area contributed by atoms with Crippen LogP contribution in [-0.2, 0) is 6.54 Å². The van der Waals surface area contributed by atoms with Crippen molar-refractivity contribution in [3.05, 3.63) is 48.4 Å². The summed E-state index contributed by atoms with van der Waals surface area (Å²) in [6.07, 6.45) is 8.11. The highest BCUT2D eigenvalue weighted by Crippen LogP contribution is 2.33. The van der Waals surface area contributed by atoms with E-state index in [9.17, 15) is 0 Å². The summed E-state index contributed by atoms with van der Waals surface area (Å²) in [4.78, 5) is 8.51. The molecule has 2 aromatic heterocycles. The molecule has 0 saturated heterocycles. The average Bonchev–Trinajstić information content (AvgIpc) is 3.30. The predicted molar refractivity (Wildman–Crippen MR) is 80.1 cm³/mol. The lowest BCUT2D eigenvalue weighted by Crippen LogP contribution is -1.99. The van der Waals surface area contributed by atoms with Crippen molar-refractivity contribution in [2.24, 2.45) is 0 Å². The van der Waals surface area contributed by atoms with Gasteiger partial charge in [0.05, 0.1) is 6.54 Å². The molecule has 22 heavy (non-hydrogen) atoms. The molecule has 6 nitrogen and oxygen atoms in total. The third-order valence-corrected chi connectivity index (χ3v) is 4.17. The zero-order chi connectivity index (χ0) is 14.8. The summed E-state index contributed by atoms with van der Waals surface area (Å²) in [6.45, 7) is 0.708. The Labute approximate surface area is 128 Å². The molecule has 1 saturated carbocycles. The first-order valence-corrected chi connectivity index (χ1v) is 7.64. The molecule has 2 heterocycles. The lowest BCUT2D eigenvalue weighted by Gasteiger charge is -2.02. The van der Waals surface area contributed by atoms with E-state index >= 15 is 0 Å². The average molecular weight is 295 g/mol. The predicted octanol–water partition coefficient (Wildman–Crippen LogP) is 3.03. The lowest BCUT2D eigenvalue weighted by molar-refractivity contribution is 0.354. The molecule has 0 spiro atoms. The van der Waals surface area contributed by atoms with Gasteiger partial charge in [-0.2, -0.15) is 10.1 Å². The van der Waals surface area contributed by atoms with Crippen LogP contribution in [0.2, 0.25) is 0 Å². The van der Waals surface area contributed by atoms with Crippen molar-refractivity contribution in [2.75, 3.05) is 0 Å². The number of hydrogen-bond donors (Lipinski definition) is 0. The van der Waals surface area contributed by atoms with Crippen LogP contribution in [0.5, 0.6) is 0 Å².